The van der Waals surface area contributed by atoms with E-state index in [-0.39, 0.29) is 11.7 Å². The number of hydrogen-bond acceptors (Lipinski definition) is 5. The molecule has 2 heterocycles. The lowest BCUT2D eigenvalue weighted by atomic mass is 9.97. The summed E-state index contributed by atoms with van der Waals surface area (Å²) >= 11 is 0. The average Bonchev–Trinajstić information content (AvgIpc) is 2.68. The molecule has 106 valence electrons. The maximum Gasteiger partial charge on any atom is 0.426 e. The van der Waals surface area contributed by atoms with Crippen LogP contribution in [0, 0.1) is 23.0 Å². The molecule has 19 heavy (non-hydrogen) atoms. The van der Waals surface area contributed by atoms with Crippen LogP contribution in [0.1, 0.15) is 25.1 Å². The van der Waals surface area contributed by atoms with Gasteiger partial charge in [-0.05, 0) is 48.2 Å². The fourth-order valence-electron chi connectivity index (χ4n) is 2.35. The zero-order valence-electron chi connectivity index (χ0n) is 11.4. The van der Waals surface area contributed by atoms with E-state index in [2.05, 4.69) is 10.3 Å². The number of rotatable bonds is 5. The maximum absolute atomic E-state index is 10.9. The Balaban J connectivity index is 1.93. The molecule has 1 aromatic heterocycles. The molecule has 1 saturated heterocycles. The molecule has 1 fully saturated rings. The van der Waals surface area contributed by atoms with E-state index in [4.69, 9.17) is 4.74 Å². The van der Waals surface area contributed by atoms with Crippen molar-refractivity contribution < 1.29 is 9.66 Å². The predicted molar refractivity (Wildman–Crippen MR) is 70.3 cm³/mol. The van der Waals surface area contributed by atoms with Gasteiger partial charge < -0.3 is 20.2 Å². The summed E-state index contributed by atoms with van der Waals surface area (Å²) in [7, 11) is 1.73. The fraction of sp³-hybridized carbons (Fsp3) is 0.750. The van der Waals surface area contributed by atoms with Gasteiger partial charge in [0.1, 0.15) is 0 Å². The van der Waals surface area contributed by atoms with Gasteiger partial charge in [-0.2, -0.15) is 0 Å². The predicted octanol–water partition coefficient (Wildman–Crippen LogP) is 1.41. The van der Waals surface area contributed by atoms with Crippen molar-refractivity contribution in [3.05, 3.63) is 15.9 Å². The number of hydrogen-bond donors (Lipinski definition) is 1. The largest absolute Gasteiger partial charge is 0.473 e. The molecular formula is C12H20N4O3. The lowest BCUT2D eigenvalue weighted by Crippen LogP contribution is -2.30. The molecule has 1 unspecified atom stereocenters. The second kappa shape index (κ2) is 6.01. The van der Waals surface area contributed by atoms with E-state index in [0.29, 0.717) is 18.3 Å². The monoisotopic (exact) mass is 268 g/mol. The number of ether oxygens (including phenoxy) is 1. The van der Waals surface area contributed by atoms with Gasteiger partial charge in [-0.25, -0.2) is 0 Å². The number of aryl methyl sites for hydroxylation is 1. The van der Waals surface area contributed by atoms with Gasteiger partial charge in [-0.3, -0.25) is 4.57 Å². The molecule has 0 saturated carbocycles. The molecule has 1 aliphatic heterocycles. The molecule has 7 nitrogen and oxygen atoms in total. The maximum atomic E-state index is 10.9. The van der Waals surface area contributed by atoms with Crippen molar-refractivity contribution in [2.45, 2.75) is 26.2 Å². The van der Waals surface area contributed by atoms with Crippen molar-refractivity contribution in [1.82, 2.24) is 14.9 Å². The minimum Gasteiger partial charge on any atom is -0.473 e. The summed E-state index contributed by atoms with van der Waals surface area (Å²) in [5.41, 5.74) is 0. The summed E-state index contributed by atoms with van der Waals surface area (Å²) in [6, 6.07) is 0. The minimum atomic E-state index is -0.496. The number of imidazole rings is 1. The van der Waals surface area contributed by atoms with Crippen molar-refractivity contribution >= 4 is 5.82 Å². The van der Waals surface area contributed by atoms with Gasteiger partial charge in [0, 0.05) is 14.0 Å². The van der Waals surface area contributed by atoms with Crippen LogP contribution >= 0.6 is 0 Å². The van der Waals surface area contributed by atoms with Crippen LogP contribution in [-0.4, -0.2) is 34.2 Å². The molecule has 0 spiro atoms. The first-order chi connectivity index (χ1) is 9.09. The summed E-state index contributed by atoms with van der Waals surface area (Å²) in [6.07, 6.45) is 3.30. The lowest BCUT2D eigenvalue weighted by Gasteiger charge is -2.22. The minimum absolute atomic E-state index is 0.193. The van der Waals surface area contributed by atoms with Crippen LogP contribution in [0.15, 0.2) is 0 Å². The number of nitrogens with one attached hydrogen (secondary N) is 1. The highest BCUT2D eigenvalue weighted by Gasteiger charge is 2.25. The Morgan fingerprint density at radius 3 is 3.05 bits per heavy atom. The highest BCUT2D eigenvalue weighted by atomic mass is 16.6. The molecule has 7 heteroatoms. The topological polar surface area (TPSA) is 82.2 Å². The molecule has 0 bridgehead atoms. The third-order valence-corrected chi connectivity index (χ3v) is 3.59. The van der Waals surface area contributed by atoms with E-state index in [1.165, 1.54) is 12.8 Å². The molecule has 1 aliphatic rings. The van der Waals surface area contributed by atoms with E-state index < -0.39 is 4.92 Å². The number of nitrogens with zero attached hydrogens (tertiary/aromatic N) is 3. The lowest BCUT2D eigenvalue weighted by molar-refractivity contribution is -0.390. The molecule has 1 atom stereocenters. The van der Waals surface area contributed by atoms with Gasteiger partial charge in [0.2, 0.25) is 5.82 Å². The van der Waals surface area contributed by atoms with E-state index in [1.807, 2.05) is 0 Å². The van der Waals surface area contributed by atoms with E-state index in [1.54, 1.807) is 18.5 Å². The second-order valence-corrected chi connectivity index (χ2v) is 4.95. The Kier molecular flexibility index (Phi) is 4.36. The Hall–Kier alpha value is -1.63. The van der Waals surface area contributed by atoms with Crippen LogP contribution in [0.4, 0.5) is 5.82 Å². The molecule has 0 aliphatic carbocycles. The number of piperidine rings is 1. The molecule has 0 amide bonds. The van der Waals surface area contributed by atoms with Gasteiger partial charge in [0.15, 0.2) is 0 Å². The van der Waals surface area contributed by atoms with E-state index in [0.717, 1.165) is 19.5 Å². The Morgan fingerprint density at radius 1 is 1.63 bits per heavy atom. The van der Waals surface area contributed by atoms with Crippen molar-refractivity contribution in [3.8, 4) is 5.88 Å². The van der Waals surface area contributed by atoms with Gasteiger partial charge in [0.25, 0.3) is 5.88 Å². The Labute approximate surface area is 112 Å². The number of aromatic nitrogens is 2. The first-order valence-corrected chi connectivity index (χ1v) is 6.61. The highest BCUT2D eigenvalue weighted by molar-refractivity contribution is 5.35. The van der Waals surface area contributed by atoms with E-state index >= 15 is 0 Å². The normalized spacial score (nSPS) is 19.4. The molecule has 0 aromatic carbocycles. The molecular weight excluding hydrogens is 248 g/mol. The van der Waals surface area contributed by atoms with Crippen LogP contribution < -0.4 is 10.1 Å². The molecule has 2 rings (SSSR count). The van der Waals surface area contributed by atoms with Crippen molar-refractivity contribution in [3.63, 3.8) is 0 Å². The van der Waals surface area contributed by atoms with Gasteiger partial charge >= 0.3 is 5.82 Å². The zero-order valence-corrected chi connectivity index (χ0v) is 11.4. The SMILES string of the molecule is Cc1nc([N+](=O)[O-])c(OCCC2CCCNC2)n1C. The zero-order chi connectivity index (χ0) is 13.8. The highest BCUT2D eigenvalue weighted by Crippen LogP contribution is 2.27. The Bertz CT molecular complexity index is 452. The first kappa shape index (κ1) is 13.8. The second-order valence-electron chi connectivity index (χ2n) is 4.95. The van der Waals surface area contributed by atoms with Crippen molar-refractivity contribution in [1.29, 1.82) is 0 Å². The summed E-state index contributed by atoms with van der Waals surface area (Å²) in [5, 5.41) is 14.2. The molecule has 1 aromatic rings. The summed E-state index contributed by atoms with van der Waals surface area (Å²) in [6.45, 7) is 4.32. The van der Waals surface area contributed by atoms with Crippen LogP contribution in [0.25, 0.3) is 0 Å². The first-order valence-electron chi connectivity index (χ1n) is 6.61. The van der Waals surface area contributed by atoms with Gasteiger partial charge in [-0.1, -0.05) is 0 Å². The standard InChI is InChI=1S/C12H20N4O3/c1-9-14-11(16(17)18)12(15(9)2)19-7-5-10-4-3-6-13-8-10/h10,13H,3-8H2,1-2H3. The quantitative estimate of drug-likeness (QED) is 0.645. The average molecular weight is 268 g/mol. The Morgan fingerprint density at radius 2 is 2.42 bits per heavy atom. The van der Waals surface area contributed by atoms with Crippen molar-refractivity contribution in [2.24, 2.45) is 13.0 Å². The third-order valence-electron chi connectivity index (χ3n) is 3.59. The molecule has 0 radical (unpaired) electrons. The van der Waals surface area contributed by atoms with Crippen LogP contribution in [-0.2, 0) is 7.05 Å². The summed E-state index contributed by atoms with van der Waals surface area (Å²) < 4.78 is 7.21. The fourth-order valence-corrected chi connectivity index (χ4v) is 2.35. The van der Waals surface area contributed by atoms with Gasteiger partial charge in [0.05, 0.1) is 6.61 Å². The third kappa shape index (κ3) is 3.23. The van der Waals surface area contributed by atoms with Crippen molar-refractivity contribution in [2.75, 3.05) is 19.7 Å². The van der Waals surface area contributed by atoms with Crippen LogP contribution in [0.5, 0.6) is 5.88 Å². The van der Waals surface area contributed by atoms with Gasteiger partial charge in [-0.15, -0.1) is 0 Å². The number of nitro groups is 1. The summed E-state index contributed by atoms with van der Waals surface area (Å²) in [4.78, 5) is 14.3. The van der Waals surface area contributed by atoms with Crippen LogP contribution in [0.3, 0.4) is 0 Å². The van der Waals surface area contributed by atoms with E-state index in [9.17, 15) is 10.1 Å². The smallest absolute Gasteiger partial charge is 0.426 e. The van der Waals surface area contributed by atoms with Crippen LogP contribution in [0.2, 0.25) is 0 Å². The molecule has 1 N–H and O–H groups in total. The summed E-state index contributed by atoms with van der Waals surface area (Å²) in [5.74, 6) is 1.25.